The number of carbonyl (C=O) groups excluding carboxylic acids is 3. The van der Waals surface area contributed by atoms with Crippen molar-refractivity contribution in [2.24, 2.45) is 0 Å². The van der Waals surface area contributed by atoms with Crippen molar-refractivity contribution in [2.75, 3.05) is 0 Å². The van der Waals surface area contributed by atoms with E-state index in [2.05, 4.69) is 0 Å². The molecule has 0 aromatic carbocycles. The van der Waals surface area contributed by atoms with Gasteiger partial charge in [0.2, 0.25) is 0 Å². The van der Waals surface area contributed by atoms with Crippen LogP contribution >= 0.6 is 0 Å². The maximum absolute atomic E-state index is 10.1. The molecule has 0 bridgehead atoms. The van der Waals surface area contributed by atoms with Crippen LogP contribution in [0.5, 0.6) is 0 Å². The molecule has 0 spiro atoms. The Morgan fingerprint density at radius 3 is 1.31 bits per heavy atom. The third-order valence-corrected chi connectivity index (χ3v) is 1.25. The van der Waals surface area contributed by atoms with Crippen molar-refractivity contribution in [2.45, 2.75) is 18.4 Å². The zero-order chi connectivity index (χ0) is 10.6. The van der Waals surface area contributed by atoms with E-state index >= 15 is 0 Å². The van der Waals surface area contributed by atoms with Crippen LogP contribution in [0.1, 0.15) is 12.8 Å². The summed E-state index contributed by atoms with van der Waals surface area (Å²) < 4.78 is 0. The largest absolute Gasteiger partial charge is 3.00 e. The maximum Gasteiger partial charge on any atom is 3.00 e. The van der Waals surface area contributed by atoms with E-state index in [1.807, 2.05) is 0 Å². The molecule has 0 aliphatic heterocycles. The fourth-order valence-corrected chi connectivity index (χ4v) is 0.684. The van der Waals surface area contributed by atoms with Gasteiger partial charge in [-0.3, -0.25) is 0 Å². The van der Waals surface area contributed by atoms with Crippen molar-refractivity contribution in [3.8, 4) is 0 Å². The van der Waals surface area contributed by atoms with Crippen LogP contribution in [0.4, 0.5) is 0 Å². The molecule has 0 heterocycles. The van der Waals surface area contributed by atoms with Crippen LogP contribution in [-0.2, 0) is 36.8 Å². The topological polar surface area (TPSA) is 141 Å². The standard InChI is InChI=1S/C6H8O7.Au.2Na/c7-3(8)1-6(13,5(11)12)2-4(9)10;;;/h13H,1-2H2,(H,7,8)(H,9,10)(H,11,12);;;/q;+3;2*+1/p-3. The zero-order valence-corrected chi connectivity index (χ0v) is 14.8. The molecule has 0 fully saturated rings. The number of carbonyl (C=O) groups is 3. The van der Waals surface area contributed by atoms with Gasteiger partial charge in [-0.25, -0.2) is 0 Å². The molecule has 0 radical (unpaired) electrons. The Kier molecular flexibility index (Phi) is 18.1. The Labute approximate surface area is 151 Å². The van der Waals surface area contributed by atoms with Gasteiger partial charge in [-0.05, 0) is 0 Å². The predicted octanol–water partition coefficient (Wildman–Crippen LogP) is -11.2. The van der Waals surface area contributed by atoms with Crippen molar-refractivity contribution in [3.63, 3.8) is 0 Å². The second kappa shape index (κ2) is 11.2. The van der Waals surface area contributed by atoms with E-state index in [0.29, 0.717) is 0 Å². The molecule has 0 aliphatic rings. The van der Waals surface area contributed by atoms with Crippen molar-refractivity contribution >= 4 is 17.9 Å². The minimum atomic E-state index is -2.97. The molecular formula is C6H5AuNa2O7+2. The second-order valence-corrected chi connectivity index (χ2v) is 2.42. The molecule has 82 valence electrons. The number of hydrogen-bond donors (Lipinski definition) is 1. The molecular weight excluding hydrogens is 427 g/mol. The summed E-state index contributed by atoms with van der Waals surface area (Å²) >= 11 is 0. The zero-order valence-electron chi connectivity index (χ0n) is 8.61. The third-order valence-electron chi connectivity index (χ3n) is 1.25. The van der Waals surface area contributed by atoms with Crippen molar-refractivity contribution in [1.82, 2.24) is 0 Å². The van der Waals surface area contributed by atoms with Crippen LogP contribution in [0.25, 0.3) is 0 Å². The summed E-state index contributed by atoms with van der Waals surface area (Å²) in [7, 11) is 0. The average Bonchev–Trinajstić information content (AvgIpc) is 1.82. The van der Waals surface area contributed by atoms with Crippen molar-refractivity contribution in [3.05, 3.63) is 0 Å². The molecule has 0 aromatic rings. The molecule has 7 nitrogen and oxygen atoms in total. The maximum atomic E-state index is 10.1. The van der Waals surface area contributed by atoms with Crippen LogP contribution in [0.3, 0.4) is 0 Å². The van der Waals surface area contributed by atoms with Crippen LogP contribution in [0.2, 0.25) is 0 Å². The summed E-state index contributed by atoms with van der Waals surface area (Å²) in [5, 5.41) is 38.9. The van der Waals surface area contributed by atoms with Gasteiger partial charge in [0.25, 0.3) is 0 Å². The van der Waals surface area contributed by atoms with Crippen LogP contribution in [0, 0.1) is 0 Å². The van der Waals surface area contributed by atoms with Crippen LogP contribution < -0.4 is 74.4 Å². The van der Waals surface area contributed by atoms with E-state index < -0.39 is 36.4 Å². The molecule has 10 heteroatoms. The van der Waals surface area contributed by atoms with Gasteiger partial charge in [0.1, 0.15) is 5.60 Å². The molecule has 0 aliphatic carbocycles. The first-order valence-corrected chi connectivity index (χ1v) is 3.11. The summed E-state index contributed by atoms with van der Waals surface area (Å²) in [6, 6.07) is 0. The number of hydrogen-bond acceptors (Lipinski definition) is 7. The molecule has 16 heavy (non-hydrogen) atoms. The van der Waals surface area contributed by atoms with Gasteiger partial charge in [-0.1, -0.05) is 0 Å². The molecule has 0 saturated carbocycles. The van der Waals surface area contributed by atoms with Gasteiger partial charge < -0.3 is 34.8 Å². The van der Waals surface area contributed by atoms with Crippen LogP contribution in [-0.4, -0.2) is 28.6 Å². The third kappa shape index (κ3) is 10.3. The van der Waals surface area contributed by atoms with Crippen molar-refractivity contribution in [1.29, 1.82) is 0 Å². The summed E-state index contributed by atoms with van der Waals surface area (Å²) in [5.74, 6) is -5.98. The van der Waals surface area contributed by atoms with Gasteiger partial charge in [0, 0.05) is 24.8 Å². The fraction of sp³-hybridized carbons (Fsp3) is 0.500. The molecule has 0 rings (SSSR count). The number of aliphatic hydroxyl groups is 1. The first-order chi connectivity index (χ1) is 5.78. The quantitative estimate of drug-likeness (QED) is 0.426. The number of carboxylic acids is 3. The smallest absolute Gasteiger partial charge is 0.550 e. The van der Waals surface area contributed by atoms with Gasteiger partial charge in [0.05, 0.1) is 5.97 Å². The summed E-state index contributed by atoms with van der Waals surface area (Å²) in [6.45, 7) is 0. The van der Waals surface area contributed by atoms with Crippen molar-refractivity contribution < 1.29 is 116 Å². The van der Waals surface area contributed by atoms with E-state index in [4.69, 9.17) is 5.11 Å². The molecule has 0 amide bonds. The SMILES string of the molecule is O=C([O-])CC(O)(CC(=O)[O-])C(=O)[O-].[Au+3].[Na+].[Na+]. The van der Waals surface area contributed by atoms with Crippen LogP contribution in [0.15, 0.2) is 0 Å². The van der Waals surface area contributed by atoms with E-state index in [1.54, 1.807) is 0 Å². The normalized spacial score (nSPS) is 8.81. The predicted molar refractivity (Wildman–Crippen MR) is 29.2 cm³/mol. The Balaban J connectivity index is -0.000000240. The van der Waals surface area contributed by atoms with Gasteiger partial charge in [-0.2, -0.15) is 0 Å². The Bertz CT molecular complexity index is 241. The average molecular weight is 432 g/mol. The minimum Gasteiger partial charge on any atom is -0.550 e. The summed E-state index contributed by atoms with van der Waals surface area (Å²) in [6.07, 6.45) is -2.72. The number of carboxylic acid groups (broad SMARTS) is 3. The number of aliphatic carboxylic acids is 3. The summed E-state index contributed by atoms with van der Waals surface area (Å²) in [4.78, 5) is 30.0. The second-order valence-electron chi connectivity index (χ2n) is 2.42. The molecule has 0 unspecified atom stereocenters. The van der Waals surface area contributed by atoms with E-state index in [0.717, 1.165) is 0 Å². The first kappa shape index (κ1) is 25.8. The molecule has 1 N–H and O–H groups in total. The molecule has 0 aromatic heterocycles. The molecule has 0 atom stereocenters. The van der Waals surface area contributed by atoms with Gasteiger partial charge in [-0.15, -0.1) is 0 Å². The monoisotopic (exact) mass is 432 g/mol. The Hall–Kier alpha value is 1.11. The Morgan fingerprint density at radius 2 is 1.19 bits per heavy atom. The van der Waals surface area contributed by atoms with Gasteiger partial charge in [0.15, 0.2) is 0 Å². The first-order valence-electron chi connectivity index (χ1n) is 3.11. The minimum absolute atomic E-state index is 0. The number of rotatable bonds is 5. The van der Waals surface area contributed by atoms with E-state index in [-0.39, 0.29) is 81.5 Å². The van der Waals surface area contributed by atoms with E-state index in [1.165, 1.54) is 0 Å². The fourth-order valence-electron chi connectivity index (χ4n) is 0.684. The summed E-state index contributed by atoms with van der Waals surface area (Å²) in [5.41, 5.74) is -2.97. The Morgan fingerprint density at radius 1 is 0.938 bits per heavy atom. The van der Waals surface area contributed by atoms with E-state index in [9.17, 15) is 29.7 Å². The van der Waals surface area contributed by atoms with Gasteiger partial charge >= 0.3 is 81.5 Å². The molecule has 0 saturated heterocycles.